The average Bonchev–Trinajstić information content (AvgIpc) is 2.48. The molecule has 0 amide bonds. The lowest BCUT2D eigenvalue weighted by Gasteiger charge is -2.07. The lowest BCUT2D eigenvalue weighted by atomic mass is 10.1. The molecule has 0 saturated heterocycles. The van der Waals surface area contributed by atoms with Crippen LogP contribution in [0.2, 0.25) is 0 Å². The van der Waals surface area contributed by atoms with E-state index in [0.29, 0.717) is 13.0 Å². The number of hydrogen-bond acceptors (Lipinski definition) is 5. The second-order valence-electron chi connectivity index (χ2n) is 4.29. The number of carbonyl (C=O) groups is 1. The van der Waals surface area contributed by atoms with E-state index in [-0.39, 0.29) is 17.2 Å². The van der Waals surface area contributed by atoms with Crippen molar-refractivity contribution in [2.45, 2.75) is 6.42 Å². The molecule has 0 spiro atoms. The van der Waals surface area contributed by atoms with Crippen LogP contribution in [0, 0.1) is 10.1 Å². The van der Waals surface area contributed by atoms with Gasteiger partial charge in [0.25, 0.3) is 0 Å². The van der Waals surface area contributed by atoms with Crippen LogP contribution >= 0.6 is 0 Å². The highest BCUT2D eigenvalue weighted by Gasteiger charge is 2.17. The maximum atomic E-state index is 10.9. The van der Waals surface area contributed by atoms with E-state index in [1.807, 2.05) is 30.3 Å². The van der Waals surface area contributed by atoms with E-state index in [2.05, 4.69) is 10.3 Å². The molecular weight excluding hydrogens is 274 g/mol. The summed E-state index contributed by atoms with van der Waals surface area (Å²) >= 11 is 0. The van der Waals surface area contributed by atoms with Gasteiger partial charge in [0.05, 0.1) is 4.92 Å². The zero-order chi connectivity index (χ0) is 15.2. The Kier molecular flexibility index (Phi) is 4.45. The Morgan fingerprint density at radius 2 is 1.95 bits per heavy atom. The molecule has 0 unspecified atom stereocenters. The number of hydrogen-bond donors (Lipinski definition) is 2. The molecule has 0 aliphatic rings. The van der Waals surface area contributed by atoms with Crippen molar-refractivity contribution in [2.24, 2.45) is 0 Å². The largest absolute Gasteiger partial charge is 0.477 e. The van der Waals surface area contributed by atoms with E-state index in [0.717, 1.165) is 17.7 Å². The Labute approximate surface area is 120 Å². The molecule has 1 aromatic carbocycles. The number of carboxylic acid groups (broad SMARTS) is 1. The first-order valence-corrected chi connectivity index (χ1v) is 6.24. The second-order valence-corrected chi connectivity index (χ2v) is 4.29. The normalized spacial score (nSPS) is 10.1. The van der Waals surface area contributed by atoms with Crippen LogP contribution in [0.25, 0.3) is 0 Å². The second kappa shape index (κ2) is 6.47. The van der Waals surface area contributed by atoms with Crippen LogP contribution in [-0.4, -0.2) is 27.5 Å². The number of rotatable bonds is 6. The number of carboxylic acids is 1. The molecule has 2 aromatic rings. The molecule has 1 aromatic heterocycles. The topological polar surface area (TPSA) is 105 Å². The molecule has 0 aliphatic heterocycles. The van der Waals surface area contributed by atoms with E-state index in [4.69, 9.17) is 5.11 Å². The SMILES string of the molecule is O=C(O)c1ccc([N+](=O)[O-])c(NCCc2ccccc2)n1. The van der Waals surface area contributed by atoms with E-state index < -0.39 is 10.9 Å². The Balaban J connectivity index is 2.12. The van der Waals surface area contributed by atoms with E-state index in [1.54, 1.807) is 0 Å². The highest BCUT2D eigenvalue weighted by molar-refractivity contribution is 5.86. The molecule has 7 nitrogen and oxygen atoms in total. The lowest BCUT2D eigenvalue weighted by molar-refractivity contribution is -0.384. The fourth-order valence-corrected chi connectivity index (χ4v) is 1.82. The summed E-state index contributed by atoms with van der Waals surface area (Å²) in [5.41, 5.74) is 0.595. The summed E-state index contributed by atoms with van der Waals surface area (Å²) in [6.45, 7) is 0.418. The summed E-state index contributed by atoms with van der Waals surface area (Å²) in [7, 11) is 0. The van der Waals surface area contributed by atoms with Crippen LogP contribution in [0.15, 0.2) is 42.5 Å². The van der Waals surface area contributed by atoms with Crippen molar-refractivity contribution in [2.75, 3.05) is 11.9 Å². The van der Waals surface area contributed by atoms with Crippen LogP contribution in [0.3, 0.4) is 0 Å². The average molecular weight is 287 g/mol. The third kappa shape index (κ3) is 3.75. The first kappa shape index (κ1) is 14.4. The summed E-state index contributed by atoms with van der Waals surface area (Å²) in [6.07, 6.45) is 0.650. The van der Waals surface area contributed by atoms with Gasteiger partial charge in [-0.2, -0.15) is 0 Å². The lowest BCUT2D eigenvalue weighted by Crippen LogP contribution is -2.11. The van der Waals surface area contributed by atoms with Gasteiger partial charge in [0, 0.05) is 12.6 Å². The first-order valence-electron chi connectivity index (χ1n) is 6.24. The highest BCUT2D eigenvalue weighted by atomic mass is 16.6. The molecule has 1 heterocycles. The van der Waals surface area contributed by atoms with Gasteiger partial charge >= 0.3 is 11.7 Å². The minimum absolute atomic E-state index is 0.0316. The molecule has 0 radical (unpaired) electrons. The third-order valence-electron chi connectivity index (χ3n) is 2.84. The Hall–Kier alpha value is -2.96. The van der Waals surface area contributed by atoms with Gasteiger partial charge in [0.2, 0.25) is 5.82 Å². The smallest absolute Gasteiger partial charge is 0.354 e. The monoisotopic (exact) mass is 287 g/mol. The Morgan fingerprint density at radius 1 is 1.24 bits per heavy atom. The molecule has 0 atom stereocenters. The zero-order valence-corrected chi connectivity index (χ0v) is 11.0. The van der Waals surface area contributed by atoms with Gasteiger partial charge in [-0.3, -0.25) is 10.1 Å². The van der Waals surface area contributed by atoms with Gasteiger partial charge in [-0.15, -0.1) is 0 Å². The number of benzene rings is 1. The Bertz CT molecular complexity index is 659. The van der Waals surface area contributed by atoms with Gasteiger partial charge in [0.1, 0.15) is 0 Å². The van der Waals surface area contributed by atoms with Gasteiger partial charge in [-0.1, -0.05) is 30.3 Å². The number of nitrogens with zero attached hydrogens (tertiary/aromatic N) is 2. The van der Waals surface area contributed by atoms with Crippen LogP contribution in [0.4, 0.5) is 11.5 Å². The van der Waals surface area contributed by atoms with Gasteiger partial charge in [-0.25, -0.2) is 9.78 Å². The highest BCUT2D eigenvalue weighted by Crippen LogP contribution is 2.22. The van der Waals surface area contributed by atoms with Crippen molar-refractivity contribution < 1.29 is 14.8 Å². The summed E-state index contributed by atoms with van der Waals surface area (Å²) in [5, 5.41) is 22.6. The van der Waals surface area contributed by atoms with Crippen molar-refractivity contribution in [3.63, 3.8) is 0 Å². The summed E-state index contributed by atoms with van der Waals surface area (Å²) in [4.78, 5) is 25.0. The third-order valence-corrected chi connectivity index (χ3v) is 2.84. The molecule has 0 bridgehead atoms. The molecule has 7 heteroatoms. The number of nitro groups is 1. The predicted octanol–water partition coefficient (Wildman–Crippen LogP) is 2.34. The minimum Gasteiger partial charge on any atom is -0.477 e. The minimum atomic E-state index is -1.23. The fourth-order valence-electron chi connectivity index (χ4n) is 1.82. The van der Waals surface area contributed by atoms with Crippen LogP contribution in [0.5, 0.6) is 0 Å². The van der Waals surface area contributed by atoms with Crippen molar-refractivity contribution >= 4 is 17.5 Å². The molecule has 0 aliphatic carbocycles. The summed E-state index contributed by atoms with van der Waals surface area (Å²) in [6, 6.07) is 11.8. The van der Waals surface area contributed by atoms with Crippen molar-refractivity contribution in [1.29, 1.82) is 0 Å². The maximum absolute atomic E-state index is 10.9. The summed E-state index contributed by atoms with van der Waals surface area (Å²) in [5.74, 6) is -1.26. The molecule has 108 valence electrons. The van der Waals surface area contributed by atoms with E-state index in [1.165, 1.54) is 0 Å². The molecule has 0 fully saturated rings. The molecule has 21 heavy (non-hydrogen) atoms. The molecule has 2 N–H and O–H groups in total. The number of aromatic nitrogens is 1. The fraction of sp³-hybridized carbons (Fsp3) is 0.143. The molecular formula is C14H13N3O4. The first-order chi connectivity index (χ1) is 10.1. The van der Waals surface area contributed by atoms with Crippen LogP contribution in [-0.2, 0) is 6.42 Å². The zero-order valence-electron chi connectivity index (χ0n) is 11.0. The van der Waals surface area contributed by atoms with Crippen LogP contribution in [0.1, 0.15) is 16.1 Å². The number of anilines is 1. The van der Waals surface area contributed by atoms with Crippen LogP contribution < -0.4 is 5.32 Å². The van der Waals surface area contributed by atoms with Crippen molar-refractivity contribution in [3.8, 4) is 0 Å². The summed E-state index contributed by atoms with van der Waals surface area (Å²) < 4.78 is 0. The standard InChI is InChI=1S/C14H13N3O4/c18-14(19)11-6-7-12(17(20)21)13(16-11)15-9-8-10-4-2-1-3-5-10/h1-7H,8-9H2,(H,15,16)(H,18,19). The van der Waals surface area contributed by atoms with Gasteiger partial charge < -0.3 is 10.4 Å². The van der Waals surface area contributed by atoms with Gasteiger partial charge in [-0.05, 0) is 18.1 Å². The quantitative estimate of drug-likeness (QED) is 0.624. The maximum Gasteiger partial charge on any atom is 0.354 e. The van der Waals surface area contributed by atoms with Gasteiger partial charge in [0.15, 0.2) is 5.69 Å². The molecule has 2 rings (SSSR count). The van der Waals surface area contributed by atoms with Crippen molar-refractivity contribution in [1.82, 2.24) is 4.98 Å². The van der Waals surface area contributed by atoms with E-state index in [9.17, 15) is 14.9 Å². The predicted molar refractivity (Wildman–Crippen MR) is 76.5 cm³/mol. The van der Waals surface area contributed by atoms with Crippen molar-refractivity contribution in [3.05, 3.63) is 63.8 Å². The number of pyridine rings is 1. The number of aromatic carboxylic acids is 1. The number of nitrogens with one attached hydrogen (secondary N) is 1. The molecule has 0 saturated carbocycles. The van der Waals surface area contributed by atoms with E-state index >= 15 is 0 Å². The Morgan fingerprint density at radius 3 is 2.57 bits per heavy atom.